The molecule has 0 aliphatic rings. The van der Waals surface area contributed by atoms with Crippen molar-refractivity contribution < 1.29 is 13.5 Å². The second-order valence-electron chi connectivity index (χ2n) is 4.48. The highest BCUT2D eigenvalue weighted by atomic mass is 32.2. The van der Waals surface area contributed by atoms with E-state index in [0.717, 1.165) is 11.1 Å². The van der Waals surface area contributed by atoms with Crippen molar-refractivity contribution in [2.75, 3.05) is 7.11 Å². The molecular formula is C16H13FN2O2S. The van der Waals surface area contributed by atoms with Crippen LogP contribution in [-0.4, -0.2) is 17.3 Å². The van der Waals surface area contributed by atoms with Gasteiger partial charge in [-0.25, -0.2) is 4.39 Å². The third-order valence-electron chi connectivity index (χ3n) is 3.02. The van der Waals surface area contributed by atoms with E-state index in [0.29, 0.717) is 22.6 Å². The Morgan fingerprint density at radius 1 is 1.14 bits per heavy atom. The van der Waals surface area contributed by atoms with Crippen LogP contribution in [-0.2, 0) is 5.75 Å². The molecule has 0 atom stereocenters. The molecule has 4 nitrogen and oxygen atoms in total. The standard InChI is InChI=1S/C16H13FN2O2S/c1-20-14-8-7-13(17)9-12(14)10-22-16-19-18-15(21-16)11-5-3-2-4-6-11/h2-9H,10H2,1H3. The van der Waals surface area contributed by atoms with Crippen molar-refractivity contribution >= 4 is 11.8 Å². The summed E-state index contributed by atoms with van der Waals surface area (Å²) in [5.74, 6) is 1.29. The quantitative estimate of drug-likeness (QED) is 0.661. The van der Waals surface area contributed by atoms with Crippen LogP contribution in [0.25, 0.3) is 11.5 Å². The zero-order valence-electron chi connectivity index (χ0n) is 11.8. The van der Waals surface area contributed by atoms with E-state index < -0.39 is 0 Å². The highest BCUT2D eigenvalue weighted by molar-refractivity contribution is 7.98. The van der Waals surface area contributed by atoms with Crippen LogP contribution in [0.4, 0.5) is 4.39 Å². The summed E-state index contributed by atoms with van der Waals surface area (Å²) in [6.07, 6.45) is 0. The minimum Gasteiger partial charge on any atom is -0.496 e. The number of nitrogens with zero attached hydrogens (tertiary/aromatic N) is 2. The summed E-state index contributed by atoms with van der Waals surface area (Å²) in [6.45, 7) is 0. The maximum Gasteiger partial charge on any atom is 0.277 e. The molecule has 0 spiro atoms. The molecule has 0 saturated heterocycles. The Hall–Kier alpha value is -2.34. The Kier molecular flexibility index (Phi) is 4.39. The van der Waals surface area contributed by atoms with Gasteiger partial charge in [0.2, 0.25) is 5.89 Å². The fourth-order valence-corrected chi connectivity index (χ4v) is 2.71. The molecule has 0 amide bonds. The van der Waals surface area contributed by atoms with Gasteiger partial charge in [0, 0.05) is 16.9 Å². The van der Waals surface area contributed by atoms with Crippen molar-refractivity contribution in [3.05, 3.63) is 59.9 Å². The zero-order chi connectivity index (χ0) is 15.4. The number of ether oxygens (including phenoxy) is 1. The van der Waals surface area contributed by atoms with E-state index in [2.05, 4.69) is 10.2 Å². The van der Waals surface area contributed by atoms with E-state index in [9.17, 15) is 4.39 Å². The zero-order valence-corrected chi connectivity index (χ0v) is 12.6. The molecule has 1 heterocycles. The summed E-state index contributed by atoms with van der Waals surface area (Å²) in [5.41, 5.74) is 1.61. The predicted octanol–water partition coefficient (Wildman–Crippen LogP) is 4.18. The van der Waals surface area contributed by atoms with Gasteiger partial charge in [-0.05, 0) is 30.3 Å². The van der Waals surface area contributed by atoms with Crippen molar-refractivity contribution in [3.8, 4) is 17.2 Å². The van der Waals surface area contributed by atoms with Crippen molar-refractivity contribution in [2.45, 2.75) is 11.0 Å². The Morgan fingerprint density at radius 3 is 2.73 bits per heavy atom. The van der Waals surface area contributed by atoms with Gasteiger partial charge in [0.1, 0.15) is 11.6 Å². The summed E-state index contributed by atoms with van der Waals surface area (Å²) < 4.78 is 24.1. The SMILES string of the molecule is COc1ccc(F)cc1CSc1nnc(-c2ccccc2)o1. The first-order valence-electron chi connectivity index (χ1n) is 6.60. The third kappa shape index (κ3) is 3.28. The fraction of sp³-hybridized carbons (Fsp3) is 0.125. The van der Waals surface area contributed by atoms with E-state index in [1.165, 1.54) is 23.9 Å². The summed E-state index contributed by atoms with van der Waals surface area (Å²) in [4.78, 5) is 0. The molecule has 22 heavy (non-hydrogen) atoms. The van der Waals surface area contributed by atoms with Gasteiger partial charge in [0.25, 0.3) is 5.22 Å². The van der Waals surface area contributed by atoms with Crippen molar-refractivity contribution in [1.29, 1.82) is 0 Å². The van der Waals surface area contributed by atoms with Gasteiger partial charge in [0.05, 0.1) is 7.11 Å². The van der Waals surface area contributed by atoms with Crippen LogP contribution in [0.3, 0.4) is 0 Å². The van der Waals surface area contributed by atoms with Crippen molar-refractivity contribution in [1.82, 2.24) is 10.2 Å². The minimum absolute atomic E-state index is 0.299. The second kappa shape index (κ2) is 6.62. The molecule has 2 aromatic carbocycles. The molecule has 0 unspecified atom stereocenters. The summed E-state index contributed by atoms with van der Waals surface area (Å²) in [7, 11) is 1.56. The maximum absolute atomic E-state index is 13.3. The highest BCUT2D eigenvalue weighted by Crippen LogP contribution is 2.29. The van der Waals surface area contributed by atoms with Crippen molar-refractivity contribution in [3.63, 3.8) is 0 Å². The van der Waals surface area contributed by atoms with E-state index >= 15 is 0 Å². The molecule has 3 aromatic rings. The maximum atomic E-state index is 13.3. The van der Waals surface area contributed by atoms with Crippen molar-refractivity contribution in [2.24, 2.45) is 0 Å². The number of hydrogen-bond acceptors (Lipinski definition) is 5. The number of thioether (sulfide) groups is 1. The van der Waals surface area contributed by atoms with Crippen LogP contribution in [0.2, 0.25) is 0 Å². The van der Waals surface area contributed by atoms with E-state index in [-0.39, 0.29) is 5.82 Å². The molecule has 0 bridgehead atoms. The van der Waals surface area contributed by atoms with Crippen LogP contribution >= 0.6 is 11.8 Å². The van der Waals surface area contributed by atoms with Gasteiger partial charge in [-0.15, -0.1) is 10.2 Å². The first kappa shape index (κ1) is 14.6. The van der Waals surface area contributed by atoms with E-state index in [1.54, 1.807) is 13.2 Å². The molecular weight excluding hydrogens is 303 g/mol. The summed E-state index contributed by atoms with van der Waals surface area (Å²) >= 11 is 1.34. The summed E-state index contributed by atoms with van der Waals surface area (Å²) in [6, 6.07) is 14.0. The monoisotopic (exact) mass is 316 g/mol. The van der Waals surface area contributed by atoms with Crippen LogP contribution in [0.15, 0.2) is 58.2 Å². The predicted molar refractivity (Wildman–Crippen MR) is 82.2 cm³/mol. The smallest absolute Gasteiger partial charge is 0.277 e. The third-order valence-corrected chi connectivity index (χ3v) is 3.89. The minimum atomic E-state index is -0.299. The molecule has 0 saturated carbocycles. The lowest BCUT2D eigenvalue weighted by atomic mass is 10.2. The van der Waals surface area contributed by atoms with Gasteiger partial charge in [0.15, 0.2) is 0 Å². The molecule has 112 valence electrons. The first-order chi connectivity index (χ1) is 10.8. The van der Waals surface area contributed by atoms with E-state index in [4.69, 9.17) is 9.15 Å². The molecule has 0 aliphatic heterocycles. The second-order valence-corrected chi connectivity index (χ2v) is 5.41. The lowest BCUT2D eigenvalue weighted by molar-refractivity contribution is 0.410. The average Bonchev–Trinajstić information content (AvgIpc) is 3.03. The molecule has 0 aliphatic carbocycles. The number of methoxy groups -OCH3 is 1. The summed E-state index contributed by atoms with van der Waals surface area (Å²) in [5, 5.41) is 8.45. The molecule has 3 rings (SSSR count). The first-order valence-corrected chi connectivity index (χ1v) is 7.59. The molecule has 0 N–H and O–H groups in total. The van der Waals surface area contributed by atoms with Crippen LogP contribution in [0, 0.1) is 5.82 Å². The number of aromatic nitrogens is 2. The molecule has 6 heteroatoms. The average molecular weight is 316 g/mol. The number of benzene rings is 2. The molecule has 1 aromatic heterocycles. The number of hydrogen-bond donors (Lipinski definition) is 0. The Bertz CT molecular complexity index is 762. The molecule has 0 fully saturated rings. The van der Waals surface area contributed by atoms with Crippen LogP contribution < -0.4 is 4.74 Å². The topological polar surface area (TPSA) is 48.2 Å². The largest absolute Gasteiger partial charge is 0.496 e. The van der Waals surface area contributed by atoms with Gasteiger partial charge < -0.3 is 9.15 Å². The highest BCUT2D eigenvalue weighted by Gasteiger charge is 2.11. The van der Waals surface area contributed by atoms with Crippen LogP contribution in [0.1, 0.15) is 5.56 Å². The Balaban J connectivity index is 1.73. The van der Waals surface area contributed by atoms with Crippen LogP contribution in [0.5, 0.6) is 5.75 Å². The Labute approximate surface area is 131 Å². The van der Waals surface area contributed by atoms with E-state index in [1.807, 2.05) is 30.3 Å². The number of rotatable bonds is 5. The lowest BCUT2D eigenvalue weighted by Crippen LogP contribution is -1.91. The fourth-order valence-electron chi connectivity index (χ4n) is 1.96. The van der Waals surface area contributed by atoms with Gasteiger partial charge in [-0.1, -0.05) is 30.0 Å². The van der Waals surface area contributed by atoms with Gasteiger partial charge >= 0.3 is 0 Å². The lowest BCUT2D eigenvalue weighted by Gasteiger charge is -2.06. The van der Waals surface area contributed by atoms with Gasteiger partial charge in [-0.3, -0.25) is 0 Å². The molecule has 0 radical (unpaired) electrons. The normalized spacial score (nSPS) is 10.6. The number of halogens is 1. The Morgan fingerprint density at radius 2 is 1.95 bits per heavy atom. The van der Waals surface area contributed by atoms with Gasteiger partial charge in [-0.2, -0.15) is 0 Å².